The molecule has 3 heterocycles. The van der Waals surface area contributed by atoms with Gasteiger partial charge in [0.1, 0.15) is 11.6 Å². The lowest BCUT2D eigenvalue weighted by molar-refractivity contribution is -0.132. The Labute approximate surface area is 145 Å². The van der Waals surface area contributed by atoms with Gasteiger partial charge in [-0.1, -0.05) is 17.3 Å². The molecule has 0 spiro atoms. The van der Waals surface area contributed by atoms with Gasteiger partial charge in [0, 0.05) is 32.2 Å². The van der Waals surface area contributed by atoms with Crippen molar-refractivity contribution in [1.29, 1.82) is 0 Å². The third-order valence-corrected chi connectivity index (χ3v) is 4.55. The molecule has 1 amide bonds. The minimum atomic E-state index is 0.108. The highest BCUT2D eigenvalue weighted by molar-refractivity contribution is 5.78. The fraction of sp³-hybridized carbons (Fsp3) is 0.389. The van der Waals surface area contributed by atoms with Crippen molar-refractivity contribution in [2.45, 2.75) is 19.9 Å². The van der Waals surface area contributed by atoms with Crippen molar-refractivity contribution >= 4 is 16.9 Å². The SMILES string of the molecule is Cc1cc(CC(=O)N2CCN(Cc3nc4ccccc4[nH]3)CC2)no1. The molecule has 1 aliphatic rings. The van der Waals surface area contributed by atoms with Gasteiger partial charge in [-0.15, -0.1) is 0 Å². The van der Waals surface area contributed by atoms with E-state index in [1.165, 1.54) is 0 Å². The van der Waals surface area contributed by atoms with E-state index in [0.29, 0.717) is 12.1 Å². The molecular weight excluding hydrogens is 318 g/mol. The molecule has 1 aliphatic heterocycles. The maximum absolute atomic E-state index is 12.4. The van der Waals surface area contributed by atoms with Gasteiger partial charge in [0.25, 0.3) is 0 Å². The lowest BCUT2D eigenvalue weighted by Crippen LogP contribution is -2.48. The number of hydrogen-bond acceptors (Lipinski definition) is 5. The molecule has 130 valence electrons. The van der Waals surface area contributed by atoms with Gasteiger partial charge < -0.3 is 14.4 Å². The first-order valence-corrected chi connectivity index (χ1v) is 8.53. The topological polar surface area (TPSA) is 78.3 Å². The molecule has 7 heteroatoms. The molecule has 0 atom stereocenters. The lowest BCUT2D eigenvalue weighted by Gasteiger charge is -2.34. The highest BCUT2D eigenvalue weighted by Gasteiger charge is 2.22. The second-order valence-corrected chi connectivity index (χ2v) is 6.46. The molecule has 0 unspecified atom stereocenters. The molecule has 2 aromatic heterocycles. The summed E-state index contributed by atoms with van der Waals surface area (Å²) in [6.45, 7) is 5.77. The van der Waals surface area contributed by atoms with Crippen LogP contribution in [0.1, 0.15) is 17.3 Å². The van der Waals surface area contributed by atoms with Crippen LogP contribution in [0.3, 0.4) is 0 Å². The third kappa shape index (κ3) is 3.56. The number of piperazine rings is 1. The highest BCUT2D eigenvalue weighted by Crippen LogP contribution is 2.13. The van der Waals surface area contributed by atoms with E-state index in [1.807, 2.05) is 42.2 Å². The van der Waals surface area contributed by atoms with Crippen LogP contribution in [-0.4, -0.2) is 57.0 Å². The van der Waals surface area contributed by atoms with E-state index < -0.39 is 0 Å². The third-order valence-electron chi connectivity index (χ3n) is 4.55. The van der Waals surface area contributed by atoms with Crippen molar-refractivity contribution in [1.82, 2.24) is 24.9 Å². The first kappa shape index (κ1) is 15.8. The number of nitrogens with zero attached hydrogens (tertiary/aromatic N) is 4. The van der Waals surface area contributed by atoms with Crippen molar-refractivity contribution < 1.29 is 9.32 Å². The standard InChI is InChI=1S/C18H21N5O2/c1-13-10-14(21-25-13)11-18(24)23-8-6-22(7-9-23)12-17-19-15-4-2-3-5-16(15)20-17/h2-5,10H,6-9,11-12H2,1H3,(H,19,20). The number of carbonyl (C=O) groups is 1. The van der Waals surface area contributed by atoms with Gasteiger partial charge in [-0.25, -0.2) is 4.98 Å². The molecule has 25 heavy (non-hydrogen) atoms. The van der Waals surface area contributed by atoms with Crippen molar-refractivity contribution in [3.05, 3.63) is 47.6 Å². The normalized spacial score (nSPS) is 15.8. The van der Waals surface area contributed by atoms with Crippen LogP contribution in [0, 0.1) is 6.92 Å². The van der Waals surface area contributed by atoms with Crippen LogP contribution in [0.2, 0.25) is 0 Å². The fourth-order valence-electron chi connectivity index (χ4n) is 3.22. The molecule has 1 saturated heterocycles. The average Bonchev–Trinajstić information content (AvgIpc) is 3.20. The summed E-state index contributed by atoms with van der Waals surface area (Å²) in [5.41, 5.74) is 2.76. The molecule has 1 fully saturated rings. The quantitative estimate of drug-likeness (QED) is 0.783. The second-order valence-electron chi connectivity index (χ2n) is 6.46. The van der Waals surface area contributed by atoms with Crippen molar-refractivity contribution in [2.75, 3.05) is 26.2 Å². The van der Waals surface area contributed by atoms with E-state index in [0.717, 1.165) is 55.3 Å². The molecule has 4 rings (SSSR count). The molecule has 1 N–H and O–H groups in total. The molecule has 3 aromatic rings. The largest absolute Gasteiger partial charge is 0.361 e. The van der Waals surface area contributed by atoms with Crippen molar-refractivity contribution in [2.24, 2.45) is 0 Å². The number of fused-ring (bicyclic) bond motifs is 1. The van der Waals surface area contributed by atoms with Crippen LogP contribution in [0.4, 0.5) is 0 Å². The number of H-pyrrole nitrogens is 1. The van der Waals surface area contributed by atoms with Gasteiger partial charge in [-0.05, 0) is 19.1 Å². The minimum Gasteiger partial charge on any atom is -0.361 e. The van der Waals surface area contributed by atoms with Gasteiger partial charge in [-0.3, -0.25) is 9.69 Å². The van der Waals surface area contributed by atoms with E-state index in [1.54, 1.807) is 0 Å². The summed E-state index contributed by atoms with van der Waals surface area (Å²) < 4.78 is 5.02. The molecule has 0 radical (unpaired) electrons. The fourth-order valence-corrected chi connectivity index (χ4v) is 3.22. The molecular formula is C18H21N5O2. The average molecular weight is 339 g/mol. The van der Waals surface area contributed by atoms with Gasteiger partial charge in [0.05, 0.1) is 29.7 Å². The number of aromatic amines is 1. The Kier molecular flexibility index (Phi) is 4.23. The number of hydrogen-bond donors (Lipinski definition) is 1. The van der Waals surface area contributed by atoms with Gasteiger partial charge in [0.15, 0.2) is 0 Å². The number of nitrogens with one attached hydrogen (secondary N) is 1. The molecule has 1 aromatic carbocycles. The molecule has 7 nitrogen and oxygen atoms in total. The number of amides is 1. The van der Waals surface area contributed by atoms with E-state index in [4.69, 9.17) is 4.52 Å². The van der Waals surface area contributed by atoms with E-state index >= 15 is 0 Å². The summed E-state index contributed by atoms with van der Waals surface area (Å²) in [7, 11) is 0. The Hall–Kier alpha value is -2.67. The number of imidazole rings is 1. The van der Waals surface area contributed by atoms with E-state index in [2.05, 4.69) is 20.0 Å². The summed E-state index contributed by atoms with van der Waals surface area (Å²) in [5, 5.41) is 3.90. The molecule has 0 aliphatic carbocycles. The minimum absolute atomic E-state index is 0.108. The Bertz CT molecular complexity index is 843. The summed E-state index contributed by atoms with van der Waals surface area (Å²) >= 11 is 0. The second kappa shape index (κ2) is 6.68. The van der Waals surface area contributed by atoms with Gasteiger partial charge in [-0.2, -0.15) is 0 Å². The number of aromatic nitrogens is 3. The number of rotatable bonds is 4. The zero-order valence-corrected chi connectivity index (χ0v) is 14.2. The predicted octanol–water partition coefficient (Wildman–Crippen LogP) is 1.75. The van der Waals surface area contributed by atoms with E-state index in [-0.39, 0.29) is 5.91 Å². The van der Waals surface area contributed by atoms with Crippen LogP contribution in [0.15, 0.2) is 34.9 Å². The Balaban J connectivity index is 1.31. The molecule has 0 bridgehead atoms. The summed E-state index contributed by atoms with van der Waals surface area (Å²) in [5.74, 6) is 1.81. The highest BCUT2D eigenvalue weighted by atomic mass is 16.5. The Morgan fingerprint density at radius 1 is 1.24 bits per heavy atom. The first-order valence-electron chi connectivity index (χ1n) is 8.53. The maximum atomic E-state index is 12.4. The van der Waals surface area contributed by atoms with Gasteiger partial charge >= 0.3 is 0 Å². The van der Waals surface area contributed by atoms with Gasteiger partial charge in [0.2, 0.25) is 5.91 Å². The number of benzene rings is 1. The number of aryl methyl sites for hydroxylation is 1. The van der Waals surface area contributed by atoms with Crippen LogP contribution < -0.4 is 0 Å². The van der Waals surface area contributed by atoms with Crippen LogP contribution in [0.5, 0.6) is 0 Å². The van der Waals surface area contributed by atoms with E-state index in [9.17, 15) is 4.79 Å². The van der Waals surface area contributed by atoms with Crippen LogP contribution in [-0.2, 0) is 17.8 Å². The van der Waals surface area contributed by atoms with Crippen LogP contribution >= 0.6 is 0 Å². The smallest absolute Gasteiger partial charge is 0.228 e. The Morgan fingerprint density at radius 3 is 2.76 bits per heavy atom. The number of para-hydroxylation sites is 2. The lowest BCUT2D eigenvalue weighted by atomic mass is 10.2. The van der Waals surface area contributed by atoms with Crippen LogP contribution in [0.25, 0.3) is 11.0 Å². The Morgan fingerprint density at radius 2 is 2.04 bits per heavy atom. The maximum Gasteiger partial charge on any atom is 0.228 e. The number of carbonyl (C=O) groups excluding carboxylic acids is 1. The van der Waals surface area contributed by atoms with Crippen molar-refractivity contribution in [3.63, 3.8) is 0 Å². The predicted molar refractivity (Wildman–Crippen MR) is 92.9 cm³/mol. The molecule has 0 saturated carbocycles. The zero-order chi connectivity index (χ0) is 17.2. The summed E-state index contributed by atoms with van der Waals surface area (Å²) in [4.78, 5) is 24.6. The van der Waals surface area contributed by atoms with Crippen molar-refractivity contribution in [3.8, 4) is 0 Å². The zero-order valence-electron chi connectivity index (χ0n) is 14.2. The first-order chi connectivity index (χ1) is 12.2. The summed E-state index contributed by atoms with van der Waals surface area (Å²) in [6.07, 6.45) is 0.306. The monoisotopic (exact) mass is 339 g/mol. The summed E-state index contributed by atoms with van der Waals surface area (Å²) in [6, 6.07) is 9.86.